The lowest BCUT2D eigenvalue weighted by molar-refractivity contribution is -0.278. The molecule has 1 aromatic heterocycles. The molecule has 0 bridgehead atoms. The molecule has 1 amide bonds. The van der Waals surface area contributed by atoms with Crippen molar-refractivity contribution < 1.29 is 34.7 Å². The van der Waals surface area contributed by atoms with E-state index in [-0.39, 0.29) is 17.7 Å². The standard InChI is InChI=1S/C23H33N3O7/c1-4-5-17(28)24-14-8-6-13(7-9-14)10-15-18(12(2)3)25-26-22(15)33-23-21(31)20(30)19(29)16(11-27)32-23/h6-9,12,16,19-21,23,27,29-31H,4-5,10-11H2,1-3H3,(H,24,28)(H,25,26)/t16-,19-,20+,21-,23+/m1/s1. The maximum absolute atomic E-state index is 11.8. The van der Waals surface area contributed by atoms with Gasteiger partial charge in [-0.1, -0.05) is 32.9 Å². The van der Waals surface area contributed by atoms with Crippen molar-refractivity contribution in [2.75, 3.05) is 11.9 Å². The molecule has 0 unspecified atom stereocenters. The topological polar surface area (TPSA) is 157 Å². The first-order chi connectivity index (χ1) is 15.7. The number of anilines is 1. The fourth-order valence-corrected chi connectivity index (χ4v) is 3.74. The lowest BCUT2D eigenvalue weighted by atomic mass is 9.98. The van der Waals surface area contributed by atoms with E-state index < -0.39 is 37.3 Å². The van der Waals surface area contributed by atoms with Crippen molar-refractivity contribution in [1.29, 1.82) is 0 Å². The number of carbonyl (C=O) groups is 1. The average Bonchev–Trinajstić information content (AvgIpc) is 3.18. The number of carbonyl (C=O) groups excluding carboxylic acids is 1. The van der Waals surface area contributed by atoms with Gasteiger partial charge in [-0.3, -0.25) is 9.89 Å². The Bertz CT molecular complexity index is 913. The van der Waals surface area contributed by atoms with Crippen molar-refractivity contribution in [1.82, 2.24) is 10.2 Å². The third-order valence-corrected chi connectivity index (χ3v) is 5.61. The number of ether oxygens (including phenoxy) is 2. The second-order valence-corrected chi connectivity index (χ2v) is 8.56. The summed E-state index contributed by atoms with van der Waals surface area (Å²) in [5, 5.41) is 49.8. The van der Waals surface area contributed by atoms with Gasteiger partial charge >= 0.3 is 0 Å². The van der Waals surface area contributed by atoms with Crippen molar-refractivity contribution in [2.45, 2.75) is 76.7 Å². The minimum Gasteiger partial charge on any atom is -0.443 e. The SMILES string of the molecule is CCCC(=O)Nc1ccc(Cc2c(O[C@@H]3O[C@H](CO)[C@@H](O)[C@H](O)[C@H]3O)n[nH]c2C(C)C)cc1. The number of benzene rings is 1. The molecule has 2 heterocycles. The number of hydrogen-bond donors (Lipinski definition) is 6. The van der Waals surface area contributed by atoms with Gasteiger partial charge in [0.2, 0.25) is 18.1 Å². The third-order valence-electron chi connectivity index (χ3n) is 5.61. The van der Waals surface area contributed by atoms with Crippen LogP contribution >= 0.6 is 0 Å². The van der Waals surface area contributed by atoms with Gasteiger partial charge in [-0.15, -0.1) is 5.10 Å². The number of H-pyrrole nitrogens is 1. The Kier molecular flexibility index (Phi) is 8.44. The van der Waals surface area contributed by atoms with Gasteiger partial charge in [0.05, 0.1) is 6.61 Å². The summed E-state index contributed by atoms with van der Waals surface area (Å²) in [5.74, 6) is 0.271. The maximum Gasteiger partial charge on any atom is 0.238 e. The van der Waals surface area contributed by atoms with Gasteiger partial charge in [-0.05, 0) is 30.0 Å². The molecule has 1 saturated heterocycles. The molecular formula is C23H33N3O7. The van der Waals surface area contributed by atoms with Crippen LogP contribution in [0.1, 0.15) is 56.4 Å². The number of amides is 1. The summed E-state index contributed by atoms with van der Waals surface area (Å²) in [5.41, 5.74) is 3.26. The van der Waals surface area contributed by atoms with Crippen LogP contribution in [0.2, 0.25) is 0 Å². The van der Waals surface area contributed by atoms with Gasteiger partial charge in [0.1, 0.15) is 24.4 Å². The van der Waals surface area contributed by atoms with Crippen molar-refractivity contribution >= 4 is 11.6 Å². The highest BCUT2D eigenvalue weighted by atomic mass is 16.7. The first kappa shape index (κ1) is 25.1. The average molecular weight is 464 g/mol. The van der Waals surface area contributed by atoms with Gasteiger partial charge in [0, 0.05) is 29.8 Å². The van der Waals surface area contributed by atoms with Crippen LogP contribution in [0.15, 0.2) is 24.3 Å². The minimum absolute atomic E-state index is 0.0302. The Hall–Kier alpha value is -2.50. The van der Waals surface area contributed by atoms with Crippen molar-refractivity contribution in [2.24, 2.45) is 0 Å². The van der Waals surface area contributed by atoms with E-state index in [4.69, 9.17) is 9.47 Å². The zero-order valence-electron chi connectivity index (χ0n) is 19.1. The summed E-state index contributed by atoms with van der Waals surface area (Å²) in [6, 6.07) is 7.46. The molecule has 33 heavy (non-hydrogen) atoms. The van der Waals surface area contributed by atoms with Gasteiger partial charge in [-0.2, -0.15) is 0 Å². The zero-order chi connectivity index (χ0) is 24.1. The van der Waals surface area contributed by atoms with E-state index in [1.807, 2.05) is 45.0 Å². The van der Waals surface area contributed by atoms with E-state index in [1.165, 1.54) is 0 Å². The van der Waals surface area contributed by atoms with Crippen LogP contribution in [0.5, 0.6) is 5.88 Å². The number of hydrogen-bond acceptors (Lipinski definition) is 8. The third kappa shape index (κ3) is 5.90. The summed E-state index contributed by atoms with van der Waals surface area (Å²) in [4.78, 5) is 11.8. The zero-order valence-corrected chi connectivity index (χ0v) is 19.1. The van der Waals surface area contributed by atoms with Crippen LogP contribution in [-0.2, 0) is 16.0 Å². The van der Waals surface area contributed by atoms with Crippen LogP contribution in [0, 0.1) is 0 Å². The molecule has 0 saturated carbocycles. The molecule has 3 rings (SSSR count). The molecule has 2 aromatic rings. The quantitative estimate of drug-likeness (QED) is 0.322. The number of nitrogens with one attached hydrogen (secondary N) is 2. The Morgan fingerprint density at radius 2 is 1.88 bits per heavy atom. The Balaban J connectivity index is 1.79. The van der Waals surface area contributed by atoms with Gasteiger partial charge in [-0.25, -0.2) is 0 Å². The van der Waals surface area contributed by atoms with E-state index in [9.17, 15) is 25.2 Å². The second kappa shape index (κ2) is 11.1. The highest BCUT2D eigenvalue weighted by molar-refractivity contribution is 5.90. The predicted octanol–water partition coefficient (Wildman–Crippen LogP) is 1.04. The van der Waals surface area contributed by atoms with Crippen molar-refractivity contribution in [3.05, 3.63) is 41.1 Å². The van der Waals surface area contributed by atoms with Gasteiger partial charge < -0.3 is 35.2 Å². The van der Waals surface area contributed by atoms with Crippen LogP contribution in [0.25, 0.3) is 0 Å². The fraction of sp³-hybridized carbons (Fsp3) is 0.565. The van der Waals surface area contributed by atoms with E-state index in [0.717, 1.165) is 23.2 Å². The summed E-state index contributed by atoms with van der Waals surface area (Å²) in [6.45, 7) is 5.41. The van der Waals surface area contributed by atoms with Crippen LogP contribution in [0.3, 0.4) is 0 Å². The second-order valence-electron chi connectivity index (χ2n) is 8.56. The highest BCUT2D eigenvalue weighted by Crippen LogP contribution is 2.31. The monoisotopic (exact) mass is 463 g/mol. The molecule has 6 N–H and O–H groups in total. The minimum atomic E-state index is -1.54. The number of aliphatic hydroxyl groups is 4. The van der Waals surface area contributed by atoms with Crippen molar-refractivity contribution in [3.63, 3.8) is 0 Å². The number of nitrogens with zero attached hydrogens (tertiary/aromatic N) is 1. The molecule has 5 atom stereocenters. The normalized spacial score (nSPS) is 25.3. The largest absolute Gasteiger partial charge is 0.443 e. The number of aliphatic hydroxyl groups excluding tert-OH is 4. The first-order valence-electron chi connectivity index (χ1n) is 11.2. The number of rotatable bonds is 9. The van der Waals surface area contributed by atoms with Crippen LogP contribution < -0.4 is 10.1 Å². The maximum atomic E-state index is 11.8. The molecule has 0 aliphatic carbocycles. The van der Waals surface area contributed by atoms with Crippen molar-refractivity contribution in [3.8, 4) is 5.88 Å². The summed E-state index contributed by atoms with van der Waals surface area (Å²) in [6.07, 6.45) is -5.22. The lowest BCUT2D eigenvalue weighted by Gasteiger charge is -2.39. The number of aromatic amines is 1. The molecule has 1 fully saturated rings. The first-order valence-corrected chi connectivity index (χ1v) is 11.2. The summed E-state index contributed by atoms with van der Waals surface area (Å²) < 4.78 is 11.3. The molecule has 1 aromatic carbocycles. The van der Waals surface area contributed by atoms with E-state index in [0.29, 0.717) is 18.5 Å². The molecule has 182 valence electrons. The number of aromatic nitrogens is 2. The van der Waals surface area contributed by atoms with Gasteiger partial charge in [0.15, 0.2) is 0 Å². The molecule has 10 nitrogen and oxygen atoms in total. The molecule has 0 spiro atoms. The molecule has 0 radical (unpaired) electrons. The Morgan fingerprint density at radius 3 is 2.48 bits per heavy atom. The van der Waals surface area contributed by atoms with E-state index in [1.54, 1.807) is 0 Å². The molecular weight excluding hydrogens is 430 g/mol. The summed E-state index contributed by atoms with van der Waals surface area (Å²) >= 11 is 0. The predicted molar refractivity (Wildman–Crippen MR) is 120 cm³/mol. The smallest absolute Gasteiger partial charge is 0.238 e. The summed E-state index contributed by atoms with van der Waals surface area (Å²) in [7, 11) is 0. The lowest BCUT2D eigenvalue weighted by Crippen LogP contribution is -2.60. The van der Waals surface area contributed by atoms with Crippen LogP contribution in [-0.4, -0.2) is 73.8 Å². The molecule has 1 aliphatic heterocycles. The Labute approximate surface area is 192 Å². The van der Waals surface area contributed by atoms with Crippen LogP contribution in [0.4, 0.5) is 5.69 Å². The van der Waals surface area contributed by atoms with E-state index in [2.05, 4.69) is 15.5 Å². The molecule has 1 aliphatic rings. The molecule has 10 heteroatoms. The van der Waals surface area contributed by atoms with Gasteiger partial charge in [0.25, 0.3) is 0 Å². The Morgan fingerprint density at radius 1 is 1.18 bits per heavy atom. The van der Waals surface area contributed by atoms with E-state index >= 15 is 0 Å². The fourth-order valence-electron chi connectivity index (χ4n) is 3.74. The highest BCUT2D eigenvalue weighted by Gasteiger charge is 2.45.